The molecule has 21 heavy (non-hydrogen) atoms. The number of benzene rings is 1. The molecule has 3 N–H and O–H groups in total. The fraction of sp³-hybridized carbons (Fsp3) is 0.200. The number of rotatable bonds is 4. The monoisotopic (exact) mass is 299 g/mol. The molecule has 0 aliphatic carbocycles. The predicted molar refractivity (Wildman–Crippen MR) is 88.7 cm³/mol. The van der Waals surface area contributed by atoms with Crippen LogP contribution in [-0.2, 0) is 13.6 Å². The minimum Gasteiger partial charge on any atom is -0.383 e. The van der Waals surface area contributed by atoms with Crippen LogP contribution in [0.3, 0.4) is 0 Å². The van der Waals surface area contributed by atoms with Crippen molar-refractivity contribution in [2.24, 2.45) is 7.05 Å². The van der Waals surface area contributed by atoms with Crippen LogP contribution in [0.25, 0.3) is 22.2 Å². The second-order valence-corrected chi connectivity index (χ2v) is 5.53. The molecule has 0 spiro atoms. The summed E-state index contributed by atoms with van der Waals surface area (Å²) in [6, 6.07) is 8.43. The quantitative estimate of drug-likeness (QED) is 0.725. The fourth-order valence-electron chi connectivity index (χ4n) is 2.46. The van der Waals surface area contributed by atoms with Gasteiger partial charge in [0.25, 0.3) is 0 Å². The van der Waals surface area contributed by atoms with Crippen LogP contribution >= 0.6 is 11.9 Å². The van der Waals surface area contributed by atoms with Crippen LogP contribution < -0.4 is 10.5 Å². The van der Waals surface area contributed by atoms with Crippen LogP contribution in [0, 0.1) is 0 Å². The van der Waals surface area contributed by atoms with Crippen LogP contribution in [-0.4, -0.2) is 20.8 Å². The van der Waals surface area contributed by atoms with Gasteiger partial charge >= 0.3 is 0 Å². The van der Waals surface area contributed by atoms with Gasteiger partial charge in [-0.05, 0) is 23.4 Å². The molecule has 2 heterocycles. The minimum absolute atomic E-state index is 0.517. The van der Waals surface area contributed by atoms with Crippen LogP contribution in [0.15, 0.2) is 36.8 Å². The standard InChI is InChI=1S/C15H17N5S/c1-20-8-12(13-14(16)17-9-18-15(13)20)11-5-3-4-10(6-11)7-19-21-2/h3-6,8-9,19H,7H2,1-2H3,(H2,16,17,18). The van der Waals surface area contributed by atoms with Gasteiger partial charge in [0, 0.05) is 25.4 Å². The van der Waals surface area contributed by atoms with Gasteiger partial charge in [0.05, 0.1) is 5.39 Å². The van der Waals surface area contributed by atoms with Crippen LogP contribution in [0.1, 0.15) is 5.56 Å². The average Bonchev–Trinajstić information content (AvgIpc) is 2.84. The third-order valence-electron chi connectivity index (χ3n) is 3.44. The predicted octanol–water partition coefficient (Wildman–Crippen LogP) is 2.59. The number of nitrogen functional groups attached to an aromatic ring is 1. The summed E-state index contributed by atoms with van der Waals surface area (Å²) in [4.78, 5) is 8.43. The topological polar surface area (TPSA) is 68.8 Å². The molecule has 3 rings (SSSR count). The third kappa shape index (κ3) is 2.59. The highest BCUT2D eigenvalue weighted by Gasteiger charge is 2.13. The average molecular weight is 299 g/mol. The van der Waals surface area contributed by atoms with Gasteiger partial charge in [-0.2, -0.15) is 0 Å². The molecule has 0 aliphatic heterocycles. The Morgan fingerprint density at radius 2 is 2.19 bits per heavy atom. The van der Waals surface area contributed by atoms with Gasteiger partial charge in [0.15, 0.2) is 0 Å². The first kappa shape index (κ1) is 13.9. The van der Waals surface area contributed by atoms with Crippen molar-refractivity contribution in [1.29, 1.82) is 0 Å². The highest BCUT2D eigenvalue weighted by atomic mass is 32.2. The third-order valence-corrected chi connectivity index (χ3v) is 3.87. The summed E-state index contributed by atoms with van der Waals surface area (Å²) < 4.78 is 5.24. The molecule has 1 aromatic carbocycles. The largest absolute Gasteiger partial charge is 0.383 e. The number of nitrogens with one attached hydrogen (secondary N) is 1. The first-order valence-electron chi connectivity index (χ1n) is 6.61. The number of anilines is 1. The molecule has 5 nitrogen and oxygen atoms in total. The van der Waals surface area contributed by atoms with Gasteiger partial charge in [-0.25, -0.2) is 9.97 Å². The number of aromatic nitrogens is 3. The smallest absolute Gasteiger partial charge is 0.145 e. The van der Waals surface area contributed by atoms with Crippen molar-refractivity contribution in [2.75, 3.05) is 12.0 Å². The Kier molecular flexibility index (Phi) is 3.81. The second-order valence-electron chi connectivity index (χ2n) is 4.84. The molecule has 0 amide bonds. The fourth-order valence-corrected chi connectivity index (χ4v) is 2.77. The Morgan fingerprint density at radius 1 is 1.33 bits per heavy atom. The molecule has 0 saturated carbocycles. The maximum atomic E-state index is 6.05. The van der Waals surface area contributed by atoms with E-state index in [1.165, 1.54) is 11.9 Å². The highest BCUT2D eigenvalue weighted by Crippen LogP contribution is 2.32. The molecule has 108 valence electrons. The van der Waals surface area contributed by atoms with Crippen molar-refractivity contribution in [3.05, 3.63) is 42.4 Å². The van der Waals surface area contributed by atoms with E-state index in [1.54, 1.807) is 11.9 Å². The van der Waals surface area contributed by atoms with Crippen LogP contribution in [0.4, 0.5) is 5.82 Å². The van der Waals surface area contributed by atoms with Gasteiger partial charge in [-0.1, -0.05) is 30.1 Å². The first-order valence-corrected chi connectivity index (χ1v) is 7.84. The van der Waals surface area contributed by atoms with E-state index in [1.807, 2.05) is 17.9 Å². The summed E-state index contributed by atoms with van der Waals surface area (Å²) >= 11 is 1.61. The molecule has 6 heteroatoms. The molecule has 0 saturated heterocycles. The van der Waals surface area contributed by atoms with Crippen molar-refractivity contribution in [3.63, 3.8) is 0 Å². The number of nitrogens with zero attached hydrogens (tertiary/aromatic N) is 3. The van der Waals surface area contributed by atoms with E-state index in [-0.39, 0.29) is 0 Å². The maximum Gasteiger partial charge on any atom is 0.145 e. The summed E-state index contributed by atoms with van der Waals surface area (Å²) in [5.74, 6) is 0.517. The zero-order valence-electron chi connectivity index (χ0n) is 12.0. The molecule has 2 aromatic heterocycles. The highest BCUT2D eigenvalue weighted by molar-refractivity contribution is 7.96. The Hall–Kier alpha value is -2.05. The van der Waals surface area contributed by atoms with E-state index in [0.29, 0.717) is 5.82 Å². The Bertz CT molecular complexity index is 781. The normalized spacial score (nSPS) is 11.1. The first-order chi connectivity index (χ1) is 10.2. The van der Waals surface area contributed by atoms with Crippen molar-refractivity contribution >= 4 is 28.8 Å². The number of aryl methyl sites for hydroxylation is 1. The zero-order valence-corrected chi connectivity index (χ0v) is 12.8. The van der Waals surface area contributed by atoms with Crippen molar-refractivity contribution in [1.82, 2.24) is 19.3 Å². The maximum absolute atomic E-state index is 6.05. The molecule has 0 radical (unpaired) electrons. The summed E-state index contributed by atoms with van der Waals surface area (Å²) in [6.07, 6.45) is 5.57. The number of nitrogens with two attached hydrogens (primary N) is 1. The van der Waals surface area contributed by atoms with Gasteiger partial charge in [0.1, 0.15) is 17.8 Å². The summed E-state index contributed by atoms with van der Waals surface area (Å²) in [5.41, 5.74) is 10.3. The van der Waals surface area contributed by atoms with E-state index in [0.717, 1.165) is 28.7 Å². The van der Waals surface area contributed by atoms with E-state index < -0.39 is 0 Å². The van der Waals surface area contributed by atoms with Gasteiger partial charge < -0.3 is 10.3 Å². The van der Waals surface area contributed by atoms with Crippen molar-refractivity contribution in [3.8, 4) is 11.1 Å². The molecule has 0 fully saturated rings. The molecule has 0 unspecified atom stereocenters. The molecule has 0 aliphatic rings. The van der Waals surface area contributed by atoms with Crippen LogP contribution in [0.5, 0.6) is 0 Å². The van der Waals surface area contributed by atoms with Gasteiger partial charge in [0.2, 0.25) is 0 Å². The van der Waals surface area contributed by atoms with Crippen LogP contribution in [0.2, 0.25) is 0 Å². The Labute approximate surface area is 127 Å². The molecule has 3 aromatic rings. The molecular formula is C15H17N5S. The van der Waals surface area contributed by atoms with Crippen molar-refractivity contribution in [2.45, 2.75) is 6.54 Å². The number of fused-ring (bicyclic) bond motifs is 1. The van der Waals surface area contributed by atoms with E-state index in [9.17, 15) is 0 Å². The molecule has 0 atom stereocenters. The number of hydrogen-bond acceptors (Lipinski definition) is 5. The molecular weight excluding hydrogens is 282 g/mol. The van der Waals surface area contributed by atoms with Gasteiger partial charge in [-0.3, -0.25) is 4.72 Å². The summed E-state index contributed by atoms with van der Waals surface area (Å²) in [6.45, 7) is 0.825. The SMILES string of the molecule is CSNCc1cccc(-c2cn(C)c3ncnc(N)c23)c1. The lowest BCUT2D eigenvalue weighted by molar-refractivity contribution is 0.944. The Balaban J connectivity index is 2.12. The van der Waals surface area contributed by atoms with E-state index >= 15 is 0 Å². The van der Waals surface area contributed by atoms with Crippen molar-refractivity contribution < 1.29 is 0 Å². The van der Waals surface area contributed by atoms with E-state index in [2.05, 4.69) is 45.2 Å². The lowest BCUT2D eigenvalue weighted by Gasteiger charge is -2.05. The lowest BCUT2D eigenvalue weighted by Crippen LogP contribution is -2.01. The summed E-state index contributed by atoms with van der Waals surface area (Å²) in [5, 5.41) is 0.912. The summed E-state index contributed by atoms with van der Waals surface area (Å²) in [7, 11) is 1.97. The minimum atomic E-state index is 0.517. The molecule has 0 bridgehead atoms. The lowest BCUT2D eigenvalue weighted by atomic mass is 10.0. The second kappa shape index (κ2) is 5.75. The number of hydrogen-bond donors (Lipinski definition) is 2. The Morgan fingerprint density at radius 3 is 3.00 bits per heavy atom. The zero-order chi connectivity index (χ0) is 14.8. The van der Waals surface area contributed by atoms with Gasteiger partial charge in [-0.15, -0.1) is 0 Å². The van der Waals surface area contributed by atoms with E-state index in [4.69, 9.17) is 5.73 Å².